The molecule has 0 N–H and O–H groups in total. The number of ether oxygens (including phenoxy) is 2. The third-order valence-electron chi connectivity index (χ3n) is 3.64. The SMILES string of the molecule is CC[C@@H]1C[C@@H]([C@H](COCc2ccccc2)N=[N+]=[N-])OC1=O. The van der Waals surface area contributed by atoms with Crippen molar-refractivity contribution >= 4 is 5.97 Å². The molecule has 0 bridgehead atoms. The average Bonchev–Trinajstić information content (AvgIpc) is 2.88. The Bertz CT molecular complexity index is 514. The van der Waals surface area contributed by atoms with E-state index in [4.69, 9.17) is 15.0 Å². The third kappa shape index (κ3) is 4.21. The Labute approximate surface area is 123 Å². The lowest BCUT2D eigenvalue weighted by molar-refractivity contribution is -0.145. The van der Waals surface area contributed by atoms with Crippen LogP contribution in [0.5, 0.6) is 0 Å². The molecule has 0 radical (unpaired) electrons. The molecular weight excluding hydrogens is 270 g/mol. The fourth-order valence-electron chi connectivity index (χ4n) is 2.39. The zero-order valence-electron chi connectivity index (χ0n) is 12.0. The number of rotatable bonds is 7. The van der Waals surface area contributed by atoms with Crippen LogP contribution in [0.25, 0.3) is 10.4 Å². The molecule has 21 heavy (non-hydrogen) atoms. The van der Waals surface area contributed by atoms with Gasteiger partial charge in [0, 0.05) is 4.91 Å². The van der Waals surface area contributed by atoms with Crippen LogP contribution in [-0.4, -0.2) is 24.7 Å². The van der Waals surface area contributed by atoms with E-state index >= 15 is 0 Å². The van der Waals surface area contributed by atoms with Crippen LogP contribution < -0.4 is 0 Å². The summed E-state index contributed by atoms with van der Waals surface area (Å²) in [5, 5.41) is 3.72. The van der Waals surface area contributed by atoms with E-state index in [2.05, 4.69) is 10.0 Å². The fraction of sp³-hybridized carbons (Fsp3) is 0.533. The molecule has 1 saturated heterocycles. The Morgan fingerprint density at radius 1 is 1.48 bits per heavy atom. The van der Waals surface area contributed by atoms with Crippen LogP contribution in [0.2, 0.25) is 0 Å². The van der Waals surface area contributed by atoms with Crippen LogP contribution >= 0.6 is 0 Å². The second-order valence-corrected chi connectivity index (χ2v) is 5.09. The van der Waals surface area contributed by atoms with Crippen molar-refractivity contribution in [1.29, 1.82) is 0 Å². The highest BCUT2D eigenvalue weighted by Crippen LogP contribution is 2.27. The van der Waals surface area contributed by atoms with Gasteiger partial charge in [-0.05, 0) is 23.9 Å². The number of hydrogen-bond donors (Lipinski definition) is 0. The monoisotopic (exact) mass is 289 g/mol. The number of carbonyl (C=O) groups is 1. The van der Waals surface area contributed by atoms with Crippen molar-refractivity contribution in [3.8, 4) is 0 Å². The lowest BCUT2D eigenvalue weighted by atomic mass is 9.99. The molecule has 112 valence electrons. The van der Waals surface area contributed by atoms with E-state index in [1.807, 2.05) is 37.3 Å². The van der Waals surface area contributed by atoms with Crippen LogP contribution in [0, 0.1) is 5.92 Å². The van der Waals surface area contributed by atoms with Gasteiger partial charge in [-0.15, -0.1) is 0 Å². The van der Waals surface area contributed by atoms with Gasteiger partial charge in [0.25, 0.3) is 0 Å². The van der Waals surface area contributed by atoms with Crippen molar-refractivity contribution in [2.24, 2.45) is 11.0 Å². The summed E-state index contributed by atoms with van der Waals surface area (Å²) >= 11 is 0. The van der Waals surface area contributed by atoms with E-state index in [1.165, 1.54) is 0 Å². The van der Waals surface area contributed by atoms with E-state index in [1.54, 1.807) is 0 Å². The molecule has 1 aliphatic heterocycles. The molecule has 0 amide bonds. The molecule has 2 rings (SSSR count). The molecule has 6 heteroatoms. The Morgan fingerprint density at radius 3 is 2.86 bits per heavy atom. The molecule has 3 atom stereocenters. The smallest absolute Gasteiger partial charge is 0.309 e. The number of benzene rings is 1. The standard InChI is InChI=1S/C15H19N3O3/c1-2-12-8-14(21-15(12)19)13(17-18-16)10-20-9-11-6-4-3-5-7-11/h3-7,12-14H,2,8-10H2,1H3/t12-,13+,14+/m1/s1. The van der Waals surface area contributed by atoms with Gasteiger partial charge in [-0.3, -0.25) is 4.79 Å². The summed E-state index contributed by atoms with van der Waals surface area (Å²) in [4.78, 5) is 14.5. The van der Waals surface area contributed by atoms with Crippen molar-refractivity contribution in [3.05, 3.63) is 46.3 Å². The minimum absolute atomic E-state index is 0.0967. The molecule has 0 saturated carbocycles. The lowest BCUT2D eigenvalue weighted by Crippen LogP contribution is -2.28. The highest BCUT2D eigenvalue weighted by atomic mass is 16.6. The van der Waals surface area contributed by atoms with Crippen molar-refractivity contribution in [2.75, 3.05) is 6.61 Å². The topological polar surface area (TPSA) is 84.3 Å². The van der Waals surface area contributed by atoms with E-state index < -0.39 is 6.04 Å². The summed E-state index contributed by atoms with van der Waals surface area (Å²) in [6, 6.07) is 9.27. The first-order chi connectivity index (χ1) is 10.2. The van der Waals surface area contributed by atoms with Crippen LogP contribution in [0.4, 0.5) is 0 Å². The maximum Gasteiger partial charge on any atom is 0.309 e. The molecule has 6 nitrogen and oxygen atoms in total. The highest BCUT2D eigenvalue weighted by molar-refractivity contribution is 5.74. The Kier molecular flexibility index (Phi) is 5.60. The molecule has 1 aromatic rings. The highest BCUT2D eigenvalue weighted by Gasteiger charge is 2.37. The normalized spacial score (nSPS) is 22.4. The summed E-state index contributed by atoms with van der Waals surface area (Å²) in [6.45, 7) is 2.63. The lowest BCUT2D eigenvalue weighted by Gasteiger charge is -2.17. The predicted molar refractivity (Wildman–Crippen MR) is 77.3 cm³/mol. The van der Waals surface area contributed by atoms with Gasteiger partial charge in [0.2, 0.25) is 0 Å². The van der Waals surface area contributed by atoms with Crippen LogP contribution in [-0.2, 0) is 20.9 Å². The number of azide groups is 1. The number of hydrogen-bond acceptors (Lipinski definition) is 4. The zero-order chi connectivity index (χ0) is 15.1. The number of esters is 1. The summed E-state index contributed by atoms with van der Waals surface area (Å²) < 4.78 is 10.9. The van der Waals surface area contributed by atoms with Gasteiger partial charge >= 0.3 is 5.97 Å². The summed E-state index contributed by atoms with van der Waals surface area (Å²) in [5.41, 5.74) is 9.71. The maximum absolute atomic E-state index is 11.6. The number of carbonyl (C=O) groups excluding carboxylic acids is 1. The third-order valence-corrected chi connectivity index (χ3v) is 3.64. The number of cyclic esters (lactones) is 1. The summed E-state index contributed by atoms with van der Waals surface area (Å²) in [5.74, 6) is -0.302. The molecule has 1 heterocycles. The van der Waals surface area contributed by atoms with Gasteiger partial charge in [-0.25, -0.2) is 0 Å². The van der Waals surface area contributed by atoms with Crippen LogP contribution in [0.15, 0.2) is 35.4 Å². The molecule has 0 unspecified atom stereocenters. The van der Waals surface area contributed by atoms with Gasteiger partial charge in [0.15, 0.2) is 0 Å². The molecule has 0 aliphatic carbocycles. The van der Waals surface area contributed by atoms with Crippen LogP contribution in [0.3, 0.4) is 0 Å². The number of nitrogens with zero attached hydrogens (tertiary/aromatic N) is 3. The van der Waals surface area contributed by atoms with Crippen molar-refractivity contribution in [1.82, 2.24) is 0 Å². The largest absolute Gasteiger partial charge is 0.462 e. The van der Waals surface area contributed by atoms with Gasteiger partial charge in [-0.2, -0.15) is 0 Å². The first-order valence-electron chi connectivity index (χ1n) is 7.11. The Balaban J connectivity index is 1.88. The maximum atomic E-state index is 11.6. The minimum Gasteiger partial charge on any atom is -0.462 e. The zero-order valence-corrected chi connectivity index (χ0v) is 12.0. The van der Waals surface area contributed by atoms with Crippen LogP contribution in [0.1, 0.15) is 25.3 Å². The summed E-state index contributed by atoms with van der Waals surface area (Å²) in [7, 11) is 0. The molecule has 1 aromatic carbocycles. The van der Waals surface area contributed by atoms with Gasteiger partial charge < -0.3 is 9.47 Å². The van der Waals surface area contributed by atoms with Crippen molar-refractivity contribution in [3.63, 3.8) is 0 Å². The van der Waals surface area contributed by atoms with E-state index in [-0.39, 0.29) is 24.6 Å². The molecule has 1 fully saturated rings. The second-order valence-electron chi connectivity index (χ2n) is 5.09. The van der Waals surface area contributed by atoms with E-state index in [0.717, 1.165) is 12.0 Å². The quantitative estimate of drug-likeness (QED) is 0.334. The van der Waals surface area contributed by atoms with Crippen molar-refractivity contribution < 1.29 is 14.3 Å². The minimum atomic E-state index is -0.473. The molecule has 0 aromatic heterocycles. The van der Waals surface area contributed by atoms with Gasteiger partial charge in [0.05, 0.1) is 25.2 Å². The van der Waals surface area contributed by atoms with Crippen molar-refractivity contribution in [2.45, 2.75) is 38.5 Å². The summed E-state index contributed by atoms with van der Waals surface area (Å²) in [6.07, 6.45) is 0.950. The average molecular weight is 289 g/mol. The predicted octanol–water partition coefficient (Wildman–Crippen LogP) is 3.22. The fourth-order valence-corrected chi connectivity index (χ4v) is 2.39. The van der Waals surface area contributed by atoms with Gasteiger partial charge in [-0.1, -0.05) is 42.4 Å². The van der Waals surface area contributed by atoms with E-state index in [0.29, 0.717) is 13.0 Å². The van der Waals surface area contributed by atoms with E-state index in [9.17, 15) is 4.79 Å². The molecule has 0 spiro atoms. The first-order valence-corrected chi connectivity index (χ1v) is 7.11. The molecule has 1 aliphatic rings. The Morgan fingerprint density at radius 2 is 2.24 bits per heavy atom. The molecular formula is C15H19N3O3. The Hall–Kier alpha value is -2.04. The second kappa shape index (κ2) is 7.67. The first kappa shape index (κ1) is 15.4. The van der Waals surface area contributed by atoms with Gasteiger partial charge in [0.1, 0.15) is 6.10 Å².